The van der Waals surface area contributed by atoms with Crippen molar-refractivity contribution in [3.8, 4) is 0 Å². The Morgan fingerprint density at radius 2 is 2.13 bits per heavy atom. The number of anilines is 1. The van der Waals surface area contributed by atoms with Crippen LogP contribution in [0.1, 0.15) is 19.3 Å². The number of sulfone groups is 1. The Bertz CT molecular complexity index is 724. The smallest absolute Gasteiger partial charge is 0.306 e. The van der Waals surface area contributed by atoms with Crippen LogP contribution in [0.2, 0.25) is 0 Å². The monoisotopic (exact) mass is 337 g/mol. The first kappa shape index (κ1) is 17.2. The highest BCUT2D eigenvalue weighted by Gasteiger charge is 2.16. The Hall–Kier alpha value is -2.15. The molecule has 1 atom stereocenters. The summed E-state index contributed by atoms with van der Waals surface area (Å²) in [6.45, 7) is -0.391. The number of esters is 1. The van der Waals surface area contributed by atoms with Crippen LogP contribution in [0.4, 0.5) is 5.69 Å². The average molecular weight is 337 g/mol. The molecule has 7 heteroatoms. The molecule has 6 nitrogen and oxygen atoms in total. The lowest BCUT2D eigenvalue weighted by Crippen LogP contribution is -2.21. The van der Waals surface area contributed by atoms with E-state index in [0.29, 0.717) is 5.69 Å². The van der Waals surface area contributed by atoms with Crippen LogP contribution in [-0.2, 0) is 24.2 Å². The lowest BCUT2D eigenvalue weighted by atomic mass is 10.1. The molecular formula is C16H19NO5S. The van der Waals surface area contributed by atoms with Crippen molar-refractivity contribution in [3.63, 3.8) is 0 Å². The van der Waals surface area contributed by atoms with Crippen molar-refractivity contribution >= 4 is 27.4 Å². The van der Waals surface area contributed by atoms with E-state index in [-0.39, 0.29) is 17.2 Å². The minimum absolute atomic E-state index is 0.111. The third-order valence-electron chi connectivity index (χ3n) is 3.45. The van der Waals surface area contributed by atoms with Crippen LogP contribution in [0, 0.1) is 5.92 Å². The number of carbonyl (C=O) groups is 2. The summed E-state index contributed by atoms with van der Waals surface area (Å²) in [5.74, 6) is -0.732. The van der Waals surface area contributed by atoms with Gasteiger partial charge in [0.2, 0.25) is 0 Å². The predicted molar refractivity (Wildman–Crippen MR) is 85.6 cm³/mol. The van der Waals surface area contributed by atoms with E-state index in [4.69, 9.17) is 4.74 Å². The summed E-state index contributed by atoms with van der Waals surface area (Å²) in [4.78, 5) is 23.5. The van der Waals surface area contributed by atoms with Crippen molar-refractivity contribution in [2.45, 2.75) is 24.2 Å². The van der Waals surface area contributed by atoms with Gasteiger partial charge in [-0.1, -0.05) is 18.2 Å². The van der Waals surface area contributed by atoms with Gasteiger partial charge in [-0.15, -0.1) is 0 Å². The normalized spacial score (nSPS) is 17.0. The molecule has 0 unspecified atom stereocenters. The maximum Gasteiger partial charge on any atom is 0.306 e. The average Bonchev–Trinajstić information content (AvgIpc) is 2.97. The molecule has 0 radical (unpaired) electrons. The minimum atomic E-state index is -3.34. The molecule has 0 saturated carbocycles. The van der Waals surface area contributed by atoms with Gasteiger partial charge in [0, 0.05) is 11.9 Å². The fourth-order valence-electron chi connectivity index (χ4n) is 2.29. The number of amides is 1. The zero-order valence-corrected chi connectivity index (χ0v) is 13.6. The summed E-state index contributed by atoms with van der Waals surface area (Å²) in [5, 5.41) is 2.51. The van der Waals surface area contributed by atoms with Crippen molar-refractivity contribution in [2.75, 3.05) is 18.2 Å². The van der Waals surface area contributed by atoms with E-state index in [1.165, 1.54) is 18.2 Å². The van der Waals surface area contributed by atoms with Gasteiger partial charge in [0.25, 0.3) is 5.91 Å². The van der Waals surface area contributed by atoms with E-state index in [1.807, 2.05) is 12.2 Å². The van der Waals surface area contributed by atoms with E-state index < -0.39 is 28.3 Å². The molecule has 0 heterocycles. The van der Waals surface area contributed by atoms with Crippen molar-refractivity contribution in [1.29, 1.82) is 0 Å². The van der Waals surface area contributed by atoms with Gasteiger partial charge in [0.05, 0.1) is 11.3 Å². The van der Waals surface area contributed by atoms with Gasteiger partial charge in [0.15, 0.2) is 16.4 Å². The molecule has 124 valence electrons. The molecule has 0 fully saturated rings. The molecule has 1 aromatic rings. The summed E-state index contributed by atoms with van der Waals surface area (Å²) in [7, 11) is -3.34. The molecule has 0 aliphatic heterocycles. The second-order valence-electron chi connectivity index (χ2n) is 5.48. The number of benzene rings is 1. The maximum absolute atomic E-state index is 11.8. The number of allylic oxidation sites excluding steroid dienone is 2. The van der Waals surface area contributed by atoms with Crippen LogP contribution in [0.5, 0.6) is 0 Å². The van der Waals surface area contributed by atoms with Gasteiger partial charge in [-0.25, -0.2) is 8.42 Å². The van der Waals surface area contributed by atoms with Crippen molar-refractivity contribution in [2.24, 2.45) is 5.92 Å². The molecule has 23 heavy (non-hydrogen) atoms. The Kier molecular flexibility index (Phi) is 5.54. The van der Waals surface area contributed by atoms with E-state index in [0.717, 1.165) is 19.1 Å². The zero-order chi connectivity index (χ0) is 16.9. The van der Waals surface area contributed by atoms with Gasteiger partial charge < -0.3 is 10.1 Å². The highest BCUT2D eigenvalue weighted by molar-refractivity contribution is 7.90. The molecular weight excluding hydrogens is 318 g/mol. The molecule has 1 aliphatic carbocycles. The predicted octanol–water partition coefficient (Wildman–Crippen LogP) is 1.93. The Morgan fingerprint density at radius 3 is 2.78 bits per heavy atom. The Balaban J connectivity index is 1.82. The first-order valence-electron chi connectivity index (χ1n) is 7.27. The summed E-state index contributed by atoms with van der Waals surface area (Å²) >= 11 is 0. The molecule has 2 rings (SSSR count). The van der Waals surface area contributed by atoms with Crippen molar-refractivity contribution in [3.05, 3.63) is 36.4 Å². The number of ether oxygens (including phenoxy) is 1. The standard InChI is InChI=1S/C16H19NO5S/c1-23(20,21)14-8-4-7-13(10-14)17-15(18)11-22-16(19)9-12-5-2-3-6-12/h2,4-5,7-8,10,12H,3,6,9,11H2,1H3,(H,17,18)/t12-/m1/s1. The molecule has 0 bridgehead atoms. The van der Waals surface area contributed by atoms with Crippen LogP contribution < -0.4 is 5.32 Å². The largest absolute Gasteiger partial charge is 0.456 e. The van der Waals surface area contributed by atoms with E-state index in [2.05, 4.69) is 5.32 Å². The quantitative estimate of drug-likeness (QED) is 0.633. The summed E-state index contributed by atoms with van der Waals surface area (Å²) < 4.78 is 27.9. The van der Waals surface area contributed by atoms with Gasteiger partial charge >= 0.3 is 5.97 Å². The first-order valence-corrected chi connectivity index (χ1v) is 9.16. The molecule has 0 spiro atoms. The number of nitrogens with one attached hydrogen (secondary N) is 1. The Morgan fingerprint density at radius 1 is 1.35 bits per heavy atom. The van der Waals surface area contributed by atoms with Crippen LogP contribution in [0.25, 0.3) is 0 Å². The second-order valence-corrected chi connectivity index (χ2v) is 7.49. The van der Waals surface area contributed by atoms with Crippen molar-refractivity contribution in [1.82, 2.24) is 0 Å². The molecule has 0 aromatic heterocycles. The molecule has 0 saturated heterocycles. The summed E-state index contributed by atoms with van der Waals surface area (Å²) in [6.07, 6.45) is 7.27. The number of hydrogen-bond acceptors (Lipinski definition) is 5. The van der Waals surface area contributed by atoms with Gasteiger partial charge in [0.1, 0.15) is 0 Å². The highest BCUT2D eigenvalue weighted by Crippen LogP contribution is 2.20. The molecule has 1 aromatic carbocycles. The highest BCUT2D eigenvalue weighted by atomic mass is 32.2. The SMILES string of the molecule is CS(=O)(=O)c1cccc(NC(=O)COC(=O)C[C@@H]2C=CCC2)c1. The van der Waals surface area contributed by atoms with E-state index >= 15 is 0 Å². The summed E-state index contributed by atoms with van der Waals surface area (Å²) in [6, 6.07) is 5.90. The zero-order valence-electron chi connectivity index (χ0n) is 12.8. The fourth-order valence-corrected chi connectivity index (χ4v) is 2.95. The Labute approximate surface area is 135 Å². The third-order valence-corrected chi connectivity index (χ3v) is 4.56. The first-order chi connectivity index (χ1) is 10.8. The lowest BCUT2D eigenvalue weighted by Gasteiger charge is -2.09. The fraction of sp³-hybridized carbons (Fsp3) is 0.375. The topological polar surface area (TPSA) is 89.5 Å². The second kappa shape index (κ2) is 7.41. The minimum Gasteiger partial charge on any atom is -0.456 e. The van der Waals surface area contributed by atoms with Gasteiger partial charge in [-0.2, -0.15) is 0 Å². The van der Waals surface area contributed by atoms with Crippen LogP contribution in [0.15, 0.2) is 41.3 Å². The third kappa shape index (κ3) is 5.52. The molecule has 1 amide bonds. The van der Waals surface area contributed by atoms with E-state index in [9.17, 15) is 18.0 Å². The summed E-state index contributed by atoms with van der Waals surface area (Å²) in [5.41, 5.74) is 0.340. The molecule has 1 aliphatic rings. The number of hydrogen-bond donors (Lipinski definition) is 1. The number of carbonyl (C=O) groups excluding carboxylic acids is 2. The van der Waals surface area contributed by atoms with Crippen LogP contribution in [-0.4, -0.2) is 33.2 Å². The van der Waals surface area contributed by atoms with E-state index in [1.54, 1.807) is 6.07 Å². The lowest BCUT2D eigenvalue weighted by molar-refractivity contribution is -0.147. The van der Waals surface area contributed by atoms with Gasteiger partial charge in [-0.05, 0) is 37.0 Å². The van der Waals surface area contributed by atoms with Crippen molar-refractivity contribution < 1.29 is 22.7 Å². The van der Waals surface area contributed by atoms with Gasteiger partial charge in [-0.3, -0.25) is 9.59 Å². The van der Waals surface area contributed by atoms with Crippen LogP contribution in [0.3, 0.4) is 0 Å². The van der Waals surface area contributed by atoms with Crippen LogP contribution >= 0.6 is 0 Å². The maximum atomic E-state index is 11.8. The molecule has 1 N–H and O–H groups in total. The number of rotatable bonds is 6.